The summed E-state index contributed by atoms with van der Waals surface area (Å²) in [6, 6.07) is 6.01. The first-order chi connectivity index (χ1) is 9.42. The summed E-state index contributed by atoms with van der Waals surface area (Å²) < 4.78 is 10.2. The average molecular weight is 249 g/mol. The fourth-order valence-electron chi connectivity index (χ4n) is 2.84. The lowest BCUT2D eigenvalue weighted by atomic mass is 10.2. The normalized spacial score (nSPS) is 13.1. The molecule has 0 amide bonds. The predicted octanol–water partition coefficient (Wildman–Crippen LogP) is 1.79. The summed E-state index contributed by atoms with van der Waals surface area (Å²) in [5, 5.41) is 0. The minimum atomic E-state index is 0.801. The van der Waals surface area contributed by atoms with Crippen molar-refractivity contribution in [3.05, 3.63) is 48.8 Å². The number of hydrogen-bond donors (Lipinski definition) is 0. The van der Waals surface area contributed by atoms with Gasteiger partial charge in [0, 0.05) is 18.5 Å². The number of pyridine rings is 2. The minimum Gasteiger partial charge on any atom is -0.413 e. The van der Waals surface area contributed by atoms with Gasteiger partial charge >= 0.3 is 5.71 Å². The number of fused-ring (bicyclic) bond motifs is 7. The van der Waals surface area contributed by atoms with Crippen molar-refractivity contribution in [2.24, 2.45) is 0 Å². The van der Waals surface area contributed by atoms with Crippen LogP contribution in [-0.2, 0) is 6.54 Å². The third-order valence-electron chi connectivity index (χ3n) is 3.66. The first-order valence-electron chi connectivity index (χ1n) is 6.13. The maximum Gasteiger partial charge on any atom is 0.344 e. The number of hydrogen-bond acceptors (Lipinski definition) is 3. The summed E-state index contributed by atoms with van der Waals surface area (Å²) in [6.45, 7) is 0.801. The van der Waals surface area contributed by atoms with Gasteiger partial charge in [-0.3, -0.25) is 9.97 Å². The van der Waals surface area contributed by atoms with Gasteiger partial charge in [-0.25, -0.2) is 4.57 Å². The molecule has 5 heteroatoms. The molecule has 0 unspecified atom stereocenters. The van der Waals surface area contributed by atoms with Crippen LogP contribution < -0.4 is 4.57 Å². The molecule has 1 aliphatic heterocycles. The number of aromatic nitrogens is 4. The zero-order valence-corrected chi connectivity index (χ0v) is 9.95. The molecule has 1 aliphatic rings. The Hall–Kier alpha value is -2.69. The second-order valence-electron chi connectivity index (χ2n) is 4.71. The highest BCUT2D eigenvalue weighted by molar-refractivity contribution is 5.82. The molecule has 5 nitrogen and oxygen atoms in total. The SMILES string of the molecule is c1cnc2c(c1)-c1c3oc4cnccc4n3c[n+]1C2. The molecule has 0 aliphatic carbocycles. The third-order valence-corrected chi connectivity index (χ3v) is 3.66. The van der Waals surface area contributed by atoms with E-state index in [4.69, 9.17) is 4.42 Å². The summed E-state index contributed by atoms with van der Waals surface area (Å²) in [6.07, 6.45) is 7.43. The van der Waals surface area contributed by atoms with Crippen LogP contribution in [0.2, 0.25) is 0 Å². The molecular formula is C14H9N4O+. The number of nitrogens with zero attached hydrogens (tertiary/aromatic N) is 4. The number of oxazole rings is 1. The Balaban J connectivity index is 1.97. The second-order valence-corrected chi connectivity index (χ2v) is 4.71. The highest BCUT2D eigenvalue weighted by Gasteiger charge is 2.33. The summed E-state index contributed by atoms with van der Waals surface area (Å²) in [7, 11) is 0. The molecule has 0 fully saturated rings. The summed E-state index contributed by atoms with van der Waals surface area (Å²) in [5.41, 5.74) is 6.04. The zero-order chi connectivity index (χ0) is 12.4. The molecule has 0 saturated heterocycles. The van der Waals surface area contributed by atoms with E-state index < -0.39 is 0 Å². The van der Waals surface area contributed by atoms with Gasteiger partial charge in [0.1, 0.15) is 6.54 Å². The molecule has 4 aromatic rings. The minimum absolute atomic E-state index is 0.801. The molecule has 90 valence electrons. The fourth-order valence-corrected chi connectivity index (χ4v) is 2.84. The van der Waals surface area contributed by atoms with Gasteiger partial charge in [-0.2, -0.15) is 4.40 Å². The van der Waals surface area contributed by atoms with E-state index in [1.807, 2.05) is 18.3 Å². The van der Waals surface area contributed by atoms with Crippen molar-refractivity contribution in [1.82, 2.24) is 14.4 Å². The van der Waals surface area contributed by atoms with Crippen molar-refractivity contribution in [3.8, 4) is 11.3 Å². The van der Waals surface area contributed by atoms with Gasteiger partial charge < -0.3 is 4.42 Å². The quantitative estimate of drug-likeness (QED) is 0.393. The topological polar surface area (TPSA) is 47.2 Å². The predicted molar refractivity (Wildman–Crippen MR) is 67.5 cm³/mol. The Kier molecular flexibility index (Phi) is 1.46. The standard InChI is InChI=1S/C14H9N4O/c1-2-9-10(16-4-1)7-17-8-18-11-3-5-15-6-12(11)19-14(18)13(9)17/h1-6,8H,7H2/q+1. The summed E-state index contributed by atoms with van der Waals surface area (Å²) in [5.74, 6) is 0. The Morgan fingerprint density at radius 3 is 3.26 bits per heavy atom. The Morgan fingerprint density at radius 2 is 2.26 bits per heavy atom. The zero-order valence-electron chi connectivity index (χ0n) is 9.95. The van der Waals surface area contributed by atoms with Crippen LogP contribution in [0.5, 0.6) is 0 Å². The Morgan fingerprint density at radius 1 is 1.26 bits per heavy atom. The molecule has 0 bridgehead atoms. The van der Waals surface area contributed by atoms with Gasteiger partial charge in [0.25, 0.3) is 6.33 Å². The Bertz CT molecular complexity index is 951. The highest BCUT2D eigenvalue weighted by Crippen LogP contribution is 2.32. The molecule has 19 heavy (non-hydrogen) atoms. The molecule has 0 aromatic carbocycles. The molecule has 0 spiro atoms. The molecule has 0 radical (unpaired) electrons. The fraction of sp³-hybridized carbons (Fsp3) is 0.0714. The van der Waals surface area contributed by atoms with Crippen LogP contribution in [0.3, 0.4) is 0 Å². The smallest absolute Gasteiger partial charge is 0.344 e. The van der Waals surface area contributed by atoms with Crippen LogP contribution in [0.15, 0.2) is 47.5 Å². The van der Waals surface area contributed by atoms with Crippen molar-refractivity contribution in [1.29, 1.82) is 0 Å². The van der Waals surface area contributed by atoms with Crippen molar-refractivity contribution in [2.75, 3.05) is 0 Å². The van der Waals surface area contributed by atoms with Gasteiger partial charge in [0.05, 0.1) is 17.5 Å². The van der Waals surface area contributed by atoms with Crippen molar-refractivity contribution < 1.29 is 8.98 Å². The van der Waals surface area contributed by atoms with Crippen LogP contribution in [-0.4, -0.2) is 14.4 Å². The van der Waals surface area contributed by atoms with E-state index in [1.165, 1.54) is 0 Å². The van der Waals surface area contributed by atoms with Crippen molar-refractivity contribution >= 4 is 16.8 Å². The van der Waals surface area contributed by atoms with E-state index in [2.05, 4.69) is 31.3 Å². The lowest BCUT2D eigenvalue weighted by Gasteiger charge is -1.90. The highest BCUT2D eigenvalue weighted by atomic mass is 16.3. The summed E-state index contributed by atoms with van der Waals surface area (Å²) >= 11 is 0. The van der Waals surface area contributed by atoms with E-state index in [0.29, 0.717) is 0 Å². The van der Waals surface area contributed by atoms with Gasteiger partial charge in [0.15, 0.2) is 11.1 Å². The third kappa shape index (κ3) is 1.03. The molecule has 0 atom stereocenters. The van der Waals surface area contributed by atoms with Gasteiger partial charge in [-0.1, -0.05) is 0 Å². The lowest BCUT2D eigenvalue weighted by Crippen LogP contribution is -2.29. The Labute approximate surface area is 107 Å². The largest absolute Gasteiger partial charge is 0.413 e. The molecule has 5 heterocycles. The summed E-state index contributed by atoms with van der Waals surface area (Å²) in [4.78, 5) is 8.52. The monoisotopic (exact) mass is 249 g/mol. The maximum absolute atomic E-state index is 5.94. The van der Waals surface area contributed by atoms with Crippen LogP contribution in [0.4, 0.5) is 0 Å². The van der Waals surface area contributed by atoms with Crippen molar-refractivity contribution in [2.45, 2.75) is 6.54 Å². The van der Waals surface area contributed by atoms with Crippen LogP contribution >= 0.6 is 0 Å². The number of rotatable bonds is 0. The number of imidazole rings is 1. The van der Waals surface area contributed by atoms with E-state index in [1.54, 1.807) is 12.4 Å². The van der Waals surface area contributed by atoms with Crippen molar-refractivity contribution in [3.63, 3.8) is 0 Å². The average Bonchev–Trinajstić information content (AvgIpc) is 3.05. The van der Waals surface area contributed by atoms with Gasteiger partial charge in [-0.05, 0) is 12.1 Å². The molecule has 0 saturated carbocycles. The van der Waals surface area contributed by atoms with Crippen LogP contribution in [0, 0.1) is 0 Å². The molecule has 4 aromatic heterocycles. The first kappa shape index (κ1) is 9.27. The molecular weight excluding hydrogens is 240 g/mol. The van der Waals surface area contributed by atoms with E-state index in [9.17, 15) is 0 Å². The van der Waals surface area contributed by atoms with Gasteiger partial charge in [-0.15, -0.1) is 0 Å². The molecule has 5 rings (SSSR count). The molecule has 0 N–H and O–H groups in total. The van der Waals surface area contributed by atoms with E-state index >= 15 is 0 Å². The van der Waals surface area contributed by atoms with E-state index in [0.717, 1.165) is 40.3 Å². The van der Waals surface area contributed by atoms with Crippen LogP contribution in [0.1, 0.15) is 5.69 Å². The van der Waals surface area contributed by atoms with E-state index in [-0.39, 0.29) is 0 Å². The van der Waals surface area contributed by atoms with Gasteiger partial charge in [0.2, 0.25) is 5.69 Å². The lowest BCUT2D eigenvalue weighted by molar-refractivity contribution is -0.671. The van der Waals surface area contributed by atoms with Crippen LogP contribution in [0.25, 0.3) is 28.1 Å². The second kappa shape index (κ2) is 3.00. The first-order valence-corrected chi connectivity index (χ1v) is 6.13. The maximum atomic E-state index is 5.94.